The Morgan fingerprint density at radius 1 is 1.00 bits per heavy atom. The molecule has 2 aromatic carbocycles. The van der Waals surface area contributed by atoms with E-state index in [1.165, 1.54) is 11.3 Å². The van der Waals surface area contributed by atoms with Gasteiger partial charge in [-0.1, -0.05) is 46.9 Å². The number of nitriles is 1. The highest BCUT2D eigenvalue weighted by molar-refractivity contribution is 7.11. The molecule has 4 aromatic rings. The third-order valence-corrected chi connectivity index (χ3v) is 5.79. The average Bonchev–Trinajstić information content (AvgIpc) is 3.38. The van der Waals surface area contributed by atoms with Crippen LogP contribution in [0.4, 0.5) is 0 Å². The van der Waals surface area contributed by atoms with Crippen molar-refractivity contribution in [1.29, 1.82) is 5.26 Å². The lowest BCUT2D eigenvalue weighted by atomic mass is 10.2. The number of aromatic nitrogens is 1. The molecular formula is C22H11Cl3N2OS. The molecule has 0 aliphatic carbocycles. The van der Waals surface area contributed by atoms with Crippen molar-refractivity contribution in [2.24, 2.45) is 0 Å². The van der Waals surface area contributed by atoms with E-state index in [1.807, 2.05) is 29.6 Å². The first-order valence-electron chi connectivity index (χ1n) is 8.42. The normalized spacial score (nSPS) is 11.4. The van der Waals surface area contributed by atoms with Crippen LogP contribution < -0.4 is 0 Å². The minimum absolute atomic E-state index is 0.410. The Bertz CT molecular complexity index is 1250. The molecule has 0 fully saturated rings. The quantitative estimate of drug-likeness (QED) is 0.291. The summed E-state index contributed by atoms with van der Waals surface area (Å²) in [5, 5.41) is 13.9. The summed E-state index contributed by atoms with van der Waals surface area (Å²) in [7, 11) is 0. The van der Waals surface area contributed by atoms with Gasteiger partial charge in [-0.3, -0.25) is 0 Å². The summed E-state index contributed by atoms with van der Waals surface area (Å²) < 4.78 is 5.86. The van der Waals surface area contributed by atoms with E-state index in [1.54, 1.807) is 36.4 Å². The monoisotopic (exact) mass is 456 g/mol. The van der Waals surface area contributed by atoms with Crippen LogP contribution in [-0.4, -0.2) is 4.98 Å². The summed E-state index contributed by atoms with van der Waals surface area (Å²) in [6.07, 6.45) is 1.66. The molecule has 0 bridgehead atoms. The van der Waals surface area contributed by atoms with Gasteiger partial charge in [-0.2, -0.15) is 5.26 Å². The van der Waals surface area contributed by atoms with Crippen molar-refractivity contribution < 1.29 is 4.42 Å². The summed E-state index contributed by atoms with van der Waals surface area (Å²) >= 11 is 19.6. The third kappa shape index (κ3) is 4.39. The molecule has 2 heterocycles. The van der Waals surface area contributed by atoms with Crippen molar-refractivity contribution in [2.45, 2.75) is 0 Å². The molecule has 0 saturated carbocycles. The number of thiazole rings is 1. The van der Waals surface area contributed by atoms with E-state index in [0.29, 0.717) is 42.7 Å². The molecule has 0 atom stereocenters. The lowest BCUT2D eigenvalue weighted by Gasteiger charge is -2.01. The van der Waals surface area contributed by atoms with Gasteiger partial charge in [0.15, 0.2) is 0 Å². The van der Waals surface area contributed by atoms with Gasteiger partial charge in [0.1, 0.15) is 22.6 Å². The molecule has 0 N–H and O–H groups in total. The summed E-state index contributed by atoms with van der Waals surface area (Å²) in [6.45, 7) is 0. The highest BCUT2D eigenvalue weighted by Crippen LogP contribution is 2.33. The number of nitrogens with zero attached hydrogens (tertiary/aromatic N) is 2. The number of benzene rings is 2. The van der Waals surface area contributed by atoms with Crippen LogP contribution in [-0.2, 0) is 0 Å². The zero-order chi connectivity index (χ0) is 20.4. The number of rotatable bonds is 4. The molecule has 0 unspecified atom stereocenters. The van der Waals surface area contributed by atoms with Crippen LogP contribution in [0.25, 0.3) is 34.2 Å². The fraction of sp³-hybridized carbons (Fsp3) is 0. The van der Waals surface area contributed by atoms with Gasteiger partial charge in [0.2, 0.25) is 0 Å². The molecule has 0 aliphatic rings. The maximum absolute atomic E-state index is 9.61. The maximum Gasteiger partial charge on any atom is 0.136 e. The lowest BCUT2D eigenvalue weighted by Crippen LogP contribution is -1.82. The molecule has 4 rings (SSSR count). The number of halogens is 3. The van der Waals surface area contributed by atoms with Crippen molar-refractivity contribution in [3.63, 3.8) is 0 Å². The zero-order valence-corrected chi connectivity index (χ0v) is 17.8. The van der Waals surface area contributed by atoms with E-state index in [9.17, 15) is 5.26 Å². The van der Waals surface area contributed by atoms with E-state index in [2.05, 4.69) is 11.1 Å². The van der Waals surface area contributed by atoms with Crippen molar-refractivity contribution in [1.82, 2.24) is 4.98 Å². The average molecular weight is 458 g/mol. The van der Waals surface area contributed by atoms with Crippen molar-refractivity contribution in [3.05, 3.63) is 85.8 Å². The van der Waals surface area contributed by atoms with Gasteiger partial charge in [0.25, 0.3) is 0 Å². The van der Waals surface area contributed by atoms with Gasteiger partial charge in [0, 0.05) is 32.6 Å². The molecule has 7 heteroatoms. The van der Waals surface area contributed by atoms with E-state index in [-0.39, 0.29) is 0 Å². The van der Waals surface area contributed by atoms with Crippen LogP contribution in [0.15, 0.2) is 64.4 Å². The molecule has 2 aromatic heterocycles. The molecular weight excluding hydrogens is 447 g/mol. The minimum Gasteiger partial charge on any atom is -0.457 e. The van der Waals surface area contributed by atoms with E-state index in [0.717, 1.165) is 11.3 Å². The highest BCUT2D eigenvalue weighted by Gasteiger charge is 2.12. The molecule has 3 nitrogen and oxygen atoms in total. The molecule has 0 spiro atoms. The standard InChI is InChI=1S/C22H11Cl3N2OS/c23-15-3-1-13(2-4-15)20-12-29-22(27-20)14(11-26)9-17-6-8-21(28-17)18-10-16(24)5-7-19(18)25/h1-10,12H. The molecule has 0 amide bonds. The van der Waals surface area contributed by atoms with Crippen molar-refractivity contribution >= 4 is 57.8 Å². The minimum atomic E-state index is 0.410. The van der Waals surface area contributed by atoms with Gasteiger partial charge >= 0.3 is 0 Å². The lowest BCUT2D eigenvalue weighted by molar-refractivity contribution is 0.572. The Morgan fingerprint density at radius 2 is 1.76 bits per heavy atom. The van der Waals surface area contributed by atoms with Gasteiger partial charge in [-0.15, -0.1) is 11.3 Å². The Hall–Kier alpha value is -2.55. The second kappa shape index (κ2) is 8.44. The molecule has 0 aliphatic heterocycles. The predicted molar refractivity (Wildman–Crippen MR) is 120 cm³/mol. The summed E-state index contributed by atoms with van der Waals surface area (Å²) in [6, 6.07) is 18.3. The van der Waals surface area contributed by atoms with Gasteiger partial charge in [-0.25, -0.2) is 4.98 Å². The van der Waals surface area contributed by atoms with Crippen LogP contribution >= 0.6 is 46.1 Å². The molecule has 142 valence electrons. The first kappa shape index (κ1) is 19.8. The van der Waals surface area contributed by atoms with Crippen LogP contribution in [0.5, 0.6) is 0 Å². The van der Waals surface area contributed by atoms with Crippen LogP contribution in [0.1, 0.15) is 10.8 Å². The van der Waals surface area contributed by atoms with Crippen molar-refractivity contribution in [2.75, 3.05) is 0 Å². The smallest absolute Gasteiger partial charge is 0.136 e. The number of hydrogen-bond donors (Lipinski definition) is 0. The topological polar surface area (TPSA) is 49.8 Å². The van der Waals surface area contributed by atoms with Gasteiger partial charge < -0.3 is 4.42 Å². The number of allylic oxidation sites excluding steroid dienone is 1. The van der Waals surface area contributed by atoms with Gasteiger partial charge in [-0.05, 0) is 42.5 Å². The summed E-state index contributed by atoms with van der Waals surface area (Å²) in [4.78, 5) is 4.57. The van der Waals surface area contributed by atoms with Crippen LogP contribution in [0, 0.1) is 11.3 Å². The Labute approximate surface area is 186 Å². The fourth-order valence-corrected chi connectivity index (χ4v) is 4.00. The van der Waals surface area contributed by atoms with Crippen LogP contribution in [0.3, 0.4) is 0 Å². The second-order valence-electron chi connectivity index (χ2n) is 6.04. The third-order valence-electron chi connectivity index (χ3n) is 4.10. The molecule has 0 radical (unpaired) electrons. The Balaban J connectivity index is 1.64. The summed E-state index contributed by atoms with van der Waals surface area (Å²) in [5.41, 5.74) is 2.82. The van der Waals surface area contributed by atoms with E-state index >= 15 is 0 Å². The predicted octanol–water partition coefficient (Wildman–Crippen LogP) is 8.09. The Kier molecular flexibility index (Phi) is 5.75. The van der Waals surface area contributed by atoms with Crippen molar-refractivity contribution in [3.8, 4) is 28.7 Å². The van der Waals surface area contributed by atoms with Gasteiger partial charge in [0.05, 0.1) is 16.3 Å². The van der Waals surface area contributed by atoms with E-state index in [4.69, 9.17) is 39.2 Å². The molecule has 29 heavy (non-hydrogen) atoms. The van der Waals surface area contributed by atoms with E-state index < -0.39 is 0 Å². The Morgan fingerprint density at radius 3 is 2.52 bits per heavy atom. The first-order chi connectivity index (χ1) is 14.0. The van der Waals surface area contributed by atoms with Crippen LogP contribution in [0.2, 0.25) is 15.1 Å². The number of hydrogen-bond acceptors (Lipinski definition) is 4. The largest absolute Gasteiger partial charge is 0.457 e. The fourth-order valence-electron chi connectivity index (χ4n) is 2.70. The summed E-state index contributed by atoms with van der Waals surface area (Å²) in [5.74, 6) is 1.10. The second-order valence-corrected chi connectivity index (χ2v) is 8.18. The first-order valence-corrected chi connectivity index (χ1v) is 10.4. The maximum atomic E-state index is 9.61. The molecule has 0 saturated heterocycles. The SMILES string of the molecule is N#CC(=Cc1ccc(-c2cc(Cl)ccc2Cl)o1)c1nc(-c2ccc(Cl)cc2)cs1. The number of furan rings is 1. The zero-order valence-electron chi connectivity index (χ0n) is 14.7. The highest BCUT2D eigenvalue weighted by atomic mass is 35.5.